The molecule has 0 N–H and O–H groups in total. The largest absolute Gasteiger partial charge is 0.453 e. The predicted octanol–water partition coefficient (Wildman–Crippen LogP) is 14.5. The van der Waals surface area contributed by atoms with Crippen LogP contribution in [0.5, 0.6) is 0 Å². The quantitative estimate of drug-likeness (QED) is 0.182. The summed E-state index contributed by atoms with van der Waals surface area (Å²) in [6, 6.07) is 59.9. The van der Waals surface area contributed by atoms with Gasteiger partial charge in [-0.15, -0.1) is 0 Å². The molecule has 0 aliphatic heterocycles. The lowest BCUT2D eigenvalue weighted by Crippen LogP contribution is -2.17. The first kappa shape index (κ1) is 31.2. The Balaban J connectivity index is 1.08. The van der Waals surface area contributed by atoms with E-state index in [1.165, 1.54) is 55.3 Å². The maximum atomic E-state index is 6.93. The average Bonchev–Trinajstić information content (AvgIpc) is 3.78. The lowest BCUT2D eigenvalue weighted by Gasteiger charge is -2.27. The first-order valence-electron chi connectivity index (χ1n) is 19.0. The summed E-state index contributed by atoms with van der Waals surface area (Å²) >= 11 is 0. The van der Waals surface area contributed by atoms with Gasteiger partial charge in [0.25, 0.3) is 0 Å². The van der Waals surface area contributed by atoms with Gasteiger partial charge in [-0.25, -0.2) is 0 Å². The van der Waals surface area contributed by atoms with Crippen molar-refractivity contribution in [1.29, 1.82) is 0 Å². The average molecular weight is 694 g/mol. The molecule has 0 atom stereocenters. The van der Waals surface area contributed by atoms with Crippen LogP contribution in [-0.4, -0.2) is 0 Å². The third-order valence-corrected chi connectivity index (χ3v) is 12.4. The molecule has 0 radical (unpaired) electrons. The summed E-state index contributed by atoms with van der Waals surface area (Å²) in [7, 11) is 0. The van der Waals surface area contributed by atoms with Crippen LogP contribution in [0.3, 0.4) is 0 Å². The van der Waals surface area contributed by atoms with Crippen molar-refractivity contribution >= 4 is 49.8 Å². The summed E-state index contributed by atoms with van der Waals surface area (Å²) in [6.07, 6.45) is 0. The fourth-order valence-electron chi connectivity index (χ4n) is 9.81. The van der Waals surface area contributed by atoms with Crippen molar-refractivity contribution in [1.82, 2.24) is 0 Å². The van der Waals surface area contributed by atoms with Crippen molar-refractivity contribution < 1.29 is 4.42 Å². The Morgan fingerprint density at radius 1 is 0.407 bits per heavy atom. The molecule has 1 heterocycles. The van der Waals surface area contributed by atoms with Gasteiger partial charge in [-0.2, -0.15) is 0 Å². The molecule has 8 aromatic carbocycles. The molecule has 2 aliphatic carbocycles. The normalized spacial score (nSPS) is 14.6. The number of nitrogens with zero attached hydrogens (tertiary/aromatic N) is 1. The number of fused-ring (bicyclic) bond motifs is 11. The van der Waals surface area contributed by atoms with Gasteiger partial charge >= 0.3 is 0 Å². The van der Waals surface area contributed by atoms with Crippen LogP contribution < -0.4 is 4.90 Å². The second-order valence-electron chi connectivity index (χ2n) is 16.1. The maximum absolute atomic E-state index is 6.93. The molecular formula is C52H39NO. The number of rotatable bonds is 4. The van der Waals surface area contributed by atoms with Gasteiger partial charge in [-0.3, -0.25) is 0 Å². The molecule has 0 amide bonds. The van der Waals surface area contributed by atoms with E-state index in [1.54, 1.807) is 0 Å². The first-order chi connectivity index (χ1) is 26.3. The van der Waals surface area contributed by atoms with E-state index in [1.807, 2.05) is 0 Å². The Morgan fingerprint density at radius 2 is 1.06 bits per heavy atom. The Labute approximate surface area is 315 Å². The highest BCUT2D eigenvalue weighted by molar-refractivity contribution is 6.14. The van der Waals surface area contributed by atoms with Crippen LogP contribution >= 0.6 is 0 Å². The topological polar surface area (TPSA) is 16.4 Å². The molecule has 0 saturated heterocycles. The van der Waals surface area contributed by atoms with Crippen LogP contribution in [0.2, 0.25) is 0 Å². The number of hydrogen-bond donors (Lipinski definition) is 0. The summed E-state index contributed by atoms with van der Waals surface area (Å²) in [5, 5.41) is 4.76. The van der Waals surface area contributed by atoms with Crippen LogP contribution in [-0.2, 0) is 10.8 Å². The van der Waals surface area contributed by atoms with Crippen molar-refractivity contribution in [2.75, 3.05) is 4.90 Å². The summed E-state index contributed by atoms with van der Waals surface area (Å²) in [6.45, 7) is 9.57. The zero-order valence-electron chi connectivity index (χ0n) is 30.9. The number of anilines is 3. The highest BCUT2D eigenvalue weighted by Gasteiger charge is 2.42. The van der Waals surface area contributed by atoms with Crippen LogP contribution in [0.1, 0.15) is 49.9 Å². The van der Waals surface area contributed by atoms with E-state index in [4.69, 9.17) is 4.42 Å². The van der Waals surface area contributed by atoms with Crippen LogP contribution in [0.4, 0.5) is 17.1 Å². The molecule has 11 rings (SSSR count). The number of para-hydroxylation sites is 3. The number of hydrogen-bond acceptors (Lipinski definition) is 2. The fraction of sp³-hybridized carbons (Fsp3) is 0.115. The van der Waals surface area contributed by atoms with E-state index in [9.17, 15) is 0 Å². The highest BCUT2D eigenvalue weighted by atomic mass is 16.3. The molecule has 2 heteroatoms. The number of furan rings is 1. The Bertz CT molecular complexity index is 2980. The lowest BCUT2D eigenvalue weighted by molar-refractivity contribution is 0.654. The Kier molecular flexibility index (Phi) is 6.39. The number of benzene rings is 8. The van der Waals surface area contributed by atoms with E-state index in [-0.39, 0.29) is 10.8 Å². The minimum absolute atomic E-state index is 0.0354. The summed E-state index contributed by atoms with van der Waals surface area (Å²) in [5.74, 6) is 0. The molecule has 0 spiro atoms. The third-order valence-electron chi connectivity index (χ3n) is 12.4. The zero-order chi connectivity index (χ0) is 36.3. The SMILES string of the molecule is CC1(C)c2ccccc2-c2cc3c(cc21)-c1ccc2cc(N(c4ccccc4)c4cccc5c4oc4c(-c6ccccc6)cccc45)ccc2c1C3(C)C. The fourth-order valence-corrected chi connectivity index (χ4v) is 9.81. The van der Waals surface area contributed by atoms with Gasteiger partial charge in [0.05, 0.1) is 5.69 Å². The summed E-state index contributed by atoms with van der Waals surface area (Å²) < 4.78 is 6.93. The molecule has 0 saturated carbocycles. The molecule has 0 bridgehead atoms. The minimum Gasteiger partial charge on any atom is -0.453 e. The molecule has 2 nitrogen and oxygen atoms in total. The molecule has 0 fully saturated rings. The monoisotopic (exact) mass is 693 g/mol. The Hall–Kier alpha value is -6.38. The van der Waals surface area contributed by atoms with E-state index >= 15 is 0 Å². The molecule has 9 aromatic rings. The minimum atomic E-state index is -0.155. The second kappa shape index (κ2) is 11.1. The first-order valence-corrected chi connectivity index (χ1v) is 19.0. The lowest BCUT2D eigenvalue weighted by atomic mass is 9.78. The van der Waals surface area contributed by atoms with Gasteiger partial charge in [0.1, 0.15) is 5.58 Å². The smallest absolute Gasteiger partial charge is 0.159 e. The van der Waals surface area contributed by atoms with Gasteiger partial charge in [0.2, 0.25) is 0 Å². The molecule has 258 valence electrons. The van der Waals surface area contributed by atoms with E-state index in [0.29, 0.717) is 0 Å². The molecule has 0 unspecified atom stereocenters. The van der Waals surface area contributed by atoms with Crippen LogP contribution in [0.15, 0.2) is 168 Å². The molecule has 1 aromatic heterocycles. The summed E-state index contributed by atoms with van der Waals surface area (Å²) in [4.78, 5) is 2.35. The van der Waals surface area contributed by atoms with Gasteiger partial charge < -0.3 is 9.32 Å². The maximum Gasteiger partial charge on any atom is 0.159 e. The van der Waals surface area contributed by atoms with Crippen molar-refractivity contribution in [3.8, 4) is 33.4 Å². The van der Waals surface area contributed by atoms with Crippen molar-refractivity contribution in [2.24, 2.45) is 0 Å². The zero-order valence-corrected chi connectivity index (χ0v) is 30.9. The highest BCUT2D eigenvalue weighted by Crippen LogP contribution is 2.57. The van der Waals surface area contributed by atoms with Crippen LogP contribution in [0.25, 0.3) is 66.1 Å². The van der Waals surface area contributed by atoms with Crippen LogP contribution in [0, 0.1) is 0 Å². The summed E-state index contributed by atoms with van der Waals surface area (Å²) in [5.41, 5.74) is 18.2. The molecule has 2 aliphatic rings. The van der Waals surface area contributed by atoms with Crippen molar-refractivity contribution in [2.45, 2.75) is 38.5 Å². The van der Waals surface area contributed by atoms with Gasteiger partial charge in [-0.05, 0) is 103 Å². The second-order valence-corrected chi connectivity index (χ2v) is 16.1. The Morgan fingerprint density at radius 3 is 1.85 bits per heavy atom. The van der Waals surface area contributed by atoms with E-state index in [2.05, 4.69) is 196 Å². The van der Waals surface area contributed by atoms with Crippen molar-refractivity contribution in [3.05, 3.63) is 186 Å². The predicted molar refractivity (Wildman–Crippen MR) is 226 cm³/mol. The van der Waals surface area contributed by atoms with E-state index in [0.717, 1.165) is 50.1 Å². The standard InChI is InChI=1S/C52H39NO/c1-51(2)44-23-12-11-19-38(44)42-30-46-43(31-45(42)51)39-27-25-33-29-35(26-28-36(33)48(39)52(46,3)4)53(34-17-9-6-10-18-34)47-24-14-22-41-40-21-13-20-37(49(40)54-50(41)47)32-15-7-5-8-16-32/h5-31H,1-4H3. The van der Waals surface area contributed by atoms with Gasteiger partial charge in [-0.1, -0.05) is 149 Å². The molecule has 54 heavy (non-hydrogen) atoms. The third kappa shape index (κ3) is 4.23. The van der Waals surface area contributed by atoms with E-state index < -0.39 is 0 Å². The van der Waals surface area contributed by atoms with Crippen molar-refractivity contribution in [3.63, 3.8) is 0 Å². The molecular weight excluding hydrogens is 655 g/mol. The van der Waals surface area contributed by atoms with Gasteiger partial charge in [0, 0.05) is 38.5 Å². The van der Waals surface area contributed by atoms with Gasteiger partial charge in [0.15, 0.2) is 5.58 Å².